The molecule has 0 fully saturated rings. The van der Waals surface area contributed by atoms with Crippen molar-refractivity contribution in [2.75, 3.05) is 20.8 Å². The molecule has 0 saturated carbocycles. The van der Waals surface area contributed by atoms with Gasteiger partial charge in [-0.05, 0) is 55.5 Å². The van der Waals surface area contributed by atoms with Crippen LogP contribution in [-0.2, 0) is 20.9 Å². The summed E-state index contributed by atoms with van der Waals surface area (Å²) in [6.07, 6.45) is 0.856. The number of hydrogen-bond donors (Lipinski definition) is 0. The molecule has 5 rings (SSSR count). The Labute approximate surface area is 240 Å². The van der Waals surface area contributed by atoms with E-state index in [4.69, 9.17) is 23.9 Å². The van der Waals surface area contributed by atoms with E-state index in [1.807, 2.05) is 79.7 Å². The van der Waals surface area contributed by atoms with Crippen LogP contribution in [0.2, 0.25) is 0 Å². The van der Waals surface area contributed by atoms with Gasteiger partial charge in [-0.15, -0.1) is 0 Å². The normalized spacial score (nSPS) is 20.1. The van der Waals surface area contributed by atoms with Crippen molar-refractivity contribution in [1.82, 2.24) is 0 Å². The highest BCUT2D eigenvalue weighted by molar-refractivity contribution is 6.09. The lowest BCUT2D eigenvalue weighted by Crippen LogP contribution is -2.38. The summed E-state index contributed by atoms with van der Waals surface area (Å²) < 4.78 is 22.7. The number of Topliss-reactive ketones (excluding diaryl/α,β-unsaturated/α-hetero) is 1. The summed E-state index contributed by atoms with van der Waals surface area (Å²) >= 11 is 0. The maximum Gasteiger partial charge on any atom is 0.315 e. The molecule has 212 valence electrons. The number of benzene rings is 3. The number of aliphatic imine (C=N–C) groups is 1. The summed E-state index contributed by atoms with van der Waals surface area (Å²) in [5.74, 6) is 0.0927. The predicted molar refractivity (Wildman–Crippen MR) is 157 cm³/mol. The minimum absolute atomic E-state index is 0.0283. The van der Waals surface area contributed by atoms with E-state index >= 15 is 0 Å². The van der Waals surface area contributed by atoms with Gasteiger partial charge in [-0.2, -0.15) is 0 Å². The molecule has 41 heavy (non-hydrogen) atoms. The molecule has 1 aliphatic carbocycles. The Hall–Kier alpha value is -4.39. The maximum absolute atomic E-state index is 14.0. The van der Waals surface area contributed by atoms with Crippen LogP contribution in [0.15, 0.2) is 89.1 Å². The van der Waals surface area contributed by atoms with Crippen molar-refractivity contribution in [3.05, 3.63) is 101 Å². The van der Waals surface area contributed by atoms with E-state index in [-0.39, 0.29) is 18.3 Å². The first-order valence-corrected chi connectivity index (χ1v) is 13.9. The Balaban J connectivity index is 1.56. The second-order valence-corrected chi connectivity index (χ2v) is 10.3. The summed E-state index contributed by atoms with van der Waals surface area (Å²) in [5.41, 5.74) is 4.69. The molecular weight excluding hydrogens is 518 g/mol. The van der Waals surface area contributed by atoms with E-state index in [0.717, 1.165) is 16.7 Å². The molecular formula is C34H35NO6. The van der Waals surface area contributed by atoms with Gasteiger partial charge >= 0.3 is 5.97 Å². The van der Waals surface area contributed by atoms with Crippen LogP contribution >= 0.6 is 0 Å². The molecule has 0 radical (unpaired) electrons. The average Bonchev–Trinajstić information content (AvgIpc) is 2.99. The van der Waals surface area contributed by atoms with E-state index in [2.05, 4.69) is 0 Å². The van der Waals surface area contributed by atoms with Crippen molar-refractivity contribution >= 4 is 17.5 Å². The molecule has 0 aromatic heterocycles. The SMILES string of the molecule is CCOC(=O)C1C(C)=NC2=C(C(=O)C[C@@H](c3ccc(OC)c(OC)c3)C2)[C@@H]1c1ccccc1OCc1ccccc1. The summed E-state index contributed by atoms with van der Waals surface area (Å²) in [4.78, 5) is 32.3. The minimum atomic E-state index is -0.725. The molecule has 1 heterocycles. The number of allylic oxidation sites excluding steroid dienone is 2. The zero-order valence-corrected chi connectivity index (χ0v) is 23.9. The minimum Gasteiger partial charge on any atom is -0.493 e. The van der Waals surface area contributed by atoms with Gasteiger partial charge in [-0.25, -0.2) is 0 Å². The fourth-order valence-corrected chi connectivity index (χ4v) is 5.88. The first-order chi connectivity index (χ1) is 19.9. The lowest BCUT2D eigenvalue weighted by Gasteiger charge is -2.37. The van der Waals surface area contributed by atoms with Gasteiger partial charge in [0, 0.05) is 34.9 Å². The molecule has 0 amide bonds. The van der Waals surface area contributed by atoms with Crippen LogP contribution < -0.4 is 14.2 Å². The first-order valence-electron chi connectivity index (χ1n) is 13.9. The fraction of sp³-hybridized carbons (Fsp3) is 0.324. The number of esters is 1. The highest BCUT2D eigenvalue weighted by Gasteiger charge is 2.45. The van der Waals surface area contributed by atoms with Gasteiger partial charge in [-0.3, -0.25) is 14.6 Å². The third-order valence-electron chi connectivity index (χ3n) is 7.80. The van der Waals surface area contributed by atoms with Crippen molar-refractivity contribution < 1.29 is 28.5 Å². The Morgan fingerprint density at radius 2 is 1.63 bits per heavy atom. The molecule has 7 nitrogen and oxygen atoms in total. The molecule has 0 spiro atoms. The lowest BCUT2D eigenvalue weighted by atomic mass is 9.69. The van der Waals surface area contributed by atoms with E-state index in [0.29, 0.717) is 53.7 Å². The number of nitrogens with zero attached hydrogens (tertiary/aromatic N) is 1. The number of carbonyl (C=O) groups excluding carboxylic acids is 2. The van der Waals surface area contributed by atoms with Gasteiger partial charge in [-0.1, -0.05) is 54.6 Å². The molecule has 3 aromatic rings. The third-order valence-corrected chi connectivity index (χ3v) is 7.80. The summed E-state index contributed by atoms with van der Waals surface area (Å²) in [6.45, 7) is 4.23. The van der Waals surface area contributed by atoms with Gasteiger partial charge in [0.05, 0.1) is 20.8 Å². The molecule has 3 atom stereocenters. The molecule has 1 aliphatic heterocycles. The van der Waals surface area contributed by atoms with Crippen molar-refractivity contribution in [3.8, 4) is 17.2 Å². The summed E-state index contributed by atoms with van der Waals surface area (Å²) in [5, 5.41) is 0. The van der Waals surface area contributed by atoms with E-state index in [1.165, 1.54) is 0 Å². The predicted octanol–water partition coefficient (Wildman–Crippen LogP) is 6.42. The topological polar surface area (TPSA) is 83.4 Å². The Kier molecular flexibility index (Phi) is 8.53. The first kappa shape index (κ1) is 28.1. The summed E-state index contributed by atoms with van der Waals surface area (Å²) in [6, 6.07) is 23.3. The second kappa shape index (κ2) is 12.4. The van der Waals surface area contributed by atoms with Crippen LogP contribution in [0.4, 0.5) is 0 Å². The van der Waals surface area contributed by atoms with Crippen molar-refractivity contribution in [2.24, 2.45) is 10.9 Å². The van der Waals surface area contributed by atoms with Crippen LogP contribution in [-0.4, -0.2) is 38.3 Å². The van der Waals surface area contributed by atoms with Crippen LogP contribution in [0.5, 0.6) is 17.2 Å². The maximum atomic E-state index is 14.0. The van der Waals surface area contributed by atoms with E-state index < -0.39 is 17.8 Å². The molecule has 0 saturated heterocycles. The Bertz CT molecular complexity index is 1490. The van der Waals surface area contributed by atoms with Gasteiger partial charge < -0.3 is 18.9 Å². The molecule has 0 N–H and O–H groups in total. The van der Waals surface area contributed by atoms with Gasteiger partial charge in [0.15, 0.2) is 17.3 Å². The molecule has 0 bridgehead atoms. The van der Waals surface area contributed by atoms with E-state index in [1.54, 1.807) is 21.1 Å². The Morgan fingerprint density at radius 3 is 2.37 bits per heavy atom. The third kappa shape index (κ3) is 5.75. The lowest BCUT2D eigenvalue weighted by molar-refractivity contribution is -0.146. The average molecular weight is 554 g/mol. The largest absolute Gasteiger partial charge is 0.493 e. The fourth-order valence-electron chi connectivity index (χ4n) is 5.88. The zero-order chi connectivity index (χ0) is 28.9. The number of ether oxygens (including phenoxy) is 4. The Morgan fingerprint density at radius 1 is 0.902 bits per heavy atom. The van der Waals surface area contributed by atoms with Gasteiger partial charge in [0.2, 0.25) is 0 Å². The molecule has 1 unspecified atom stereocenters. The van der Waals surface area contributed by atoms with Crippen molar-refractivity contribution in [3.63, 3.8) is 0 Å². The number of rotatable bonds is 9. The number of ketones is 1. The summed E-state index contributed by atoms with van der Waals surface area (Å²) in [7, 11) is 3.19. The quantitative estimate of drug-likeness (QED) is 0.284. The van der Waals surface area contributed by atoms with Crippen LogP contribution in [0.25, 0.3) is 0 Å². The van der Waals surface area contributed by atoms with Crippen LogP contribution in [0.3, 0.4) is 0 Å². The number of para-hydroxylation sites is 1. The molecule has 3 aromatic carbocycles. The highest BCUT2D eigenvalue weighted by atomic mass is 16.5. The van der Waals surface area contributed by atoms with Gasteiger partial charge in [0.1, 0.15) is 18.3 Å². The van der Waals surface area contributed by atoms with Crippen molar-refractivity contribution in [1.29, 1.82) is 0 Å². The monoisotopic (exact) mass is 553 g/mol. The van der Waals surface area contributed by atoms with E-state index in [9.17, 15) is 9.59 Å². The highest BCUT2D eigenvalue weighted by Crippen LogP contribution is 2.49. The molecule has 2 aliphatic rings. The number of methoxy groups -OCH3 is 2. The molecule has 7 heteroatoms. The van der Waals surface area contributed by atoms with Gasteiger partial charge in [0.25, 0.3) is 0 Å². The second-order valence-electron chi connectivity index (χ2n) is 10.3. The van der Waals surface area contributed by atoms with Crippen LogP contribution in [0, 0.1) is 5.92 Å². The van der Waals surface area contributed by atoms with Crippen LogP contribution in [0.1, 0.15) is 55.2 Å². The van der Waals surface area contributed by atoms with Crippen molar-refractivity contribution in [2.45, 2.75) is 45.1 Å². The number of carbonyl (C=O) groups is 2. The standard InChI is InChI=1S/C34H35NO6/c1-5-40-34(37)31-21(2)35-26-17-24(23-15-16-29(38-3)30(19-23)39-4)18-27(36)33(26)32(31)25-13-9-10-14-28(25)41-20-22-11-7-6-8-12-22/h6-16,19,24,31-32H,5,17-18,20H2,1-4H3/t24-,31?,32+/m0/s1. The number of hydrogen-bond acceptors (Lipinski definition) is 7. The zero-order valence-electron chi connectivity index (χ0n) is 23.9. The smallest absolute Gasteiger partial charge is 0.315 e.